The quantitative estimate of drug-likeness (QED) is 0.843. The van der Waals surface area contributed by atoms with Crippen molar-refractivity contribution in [2.45, 2.75) is 26.8 Å². The molecular formula is C13H20N4. The van der Waals surface area contributed by atoms with Crippen LogP contribution in [0.2, 0.25) is 0 Å². The Morgan fingerprint density at radius 1 is 1.47 bits per heavy atom. The molecule has 0 fully saturated rings. The first-order valence-electron chi connectivity index (χ1n) is 5.86. The van der Waals surface area contributed by atoms with Gasteiger partial charge >= 0.3 is 0 Å². The van der Waals surface area contributed by atoms with E-state index in [1.54, 1.807) is 12.1 Å². The Hall–Kier alpha value is -1.60. The van der Waals surface area contributed by atoms with Gasteiger partial charge in [-0.2, -0.15) is 5.26 Å². The lowest BCUT2D eigenvalue weighted by molar-refractivity contribution is 0.284. The van der Waals surface area contributed by atoms with E-state index in [2.05, 4.69) is 42.2 Å². The van der Waals surface area contributed by atoms with Gasteiger partial charge < -0.3 is 10.2 Å². The molecular weight excluding hydrogens is 212 g/mol. The topological polar surface area (TPSA) is 52.0 Å². The molecule has 0 atom stereocenters. The van der Waals surface area contributed by atoms with Crippen molar-refractivity contribution >= 4 is 5.82 Å². The summed E-state index contributed by atoms with van der Waals surface area (Å²) in [5, 5.41) is 12.1. The van der Waals surface area contributed by atoms with E-state index >= 15 is 0 Å². The molecule has 0 radical (unpaired) electrons. The van der Waals surface area contributed by atoms with Crippen LogP contribution >= 0.6 is 0 Å². The van der Waals surface area contributed by atoms with Crippen molar-refractivity contribution in [3.8, 4) is 6.07 Å². The number of aryl methyl sites for hydroxylation is 1. The molecule has 0 spiro atoms. The van der Waals surface area contributed by atoms with Crippen LogP contribution in [-0.4, -0.2) is 36.1 Å². The van der Waals surface area contributed by atoms with Gasteiger partial charge in [0.1, 0.15) is 5.82 Å². The molecule has 1 aromatic rings. The largest absolute Gasteiger partial charge is 0.369 e. The van der Waals surface area contributed by atoms with E-state index in [9.17, 15) is 0 Å². The van der Waals surface area contributed by atoms with Crippen molar-refractivity contribution in [1.29, 1.82) is 5.26 Å². The third-order valence-electron chi connectivity index (χ3n) is 2.73. The monoisotopic (exact) mass is 232 g/mol. The number of rotatable bonds is 5. The van der Waals surface area contributed by atoms with Crippen molar-refractivity contribution in [3.05, 3.63) is 23.4 Å². The summed E-state index contributed by atoms with van der Waals surface area (Å²) in [7, 11) is 2.09. The zero-order valence-electron chi connectivity index (χ0n) is 11.0. The van der Waals surface area contributed by atoms with Crippen molar-refractivity contribution in [2.75, 3.05) is 25.5 Å². The van der Waals surface area contributed by atoms with E-state index in [0.29, 0.717) is 11.6 Å². The number of hydrogen-bond donors (Lipinski definition) is 1. The summed E-state index contributed by atoms with van der Waals surface area (Å²) in [6, 6.07) is 6.24. The lowest BCUT2D eigenvalue weighted by atomic mass is 10.2. The summed E-state index contributed by atoms with van der Waals surface area (Å²) < 4.78 is 0. The Balaban J connectivity index is 2.52. The maximum Gasteiger partial charge on any atom is 0.127 e. The Kier molecular flexibility index (Phi) is 4.92. The van der Waals surface area contributed by atoms with Crippen LogP contribution in [0.1, 0.15) is 25.1 Å². The summed E-state index contributed by atoms with van der Waals surface area (Å²) in [4.78, 5) is 6.60. The third kappa shape index (κ3) is 4.41. The van der Waals surface area contributed by atoms with Crippen LogP contribution in [0, 0.1) is 18.3 Å². The lowest BCUT2D eigenvalue weighted by Gasteiger charge is -2.21. The van der Waals surface area contributed by atoms with Crippen LogP contribution in [0.25, 0.3) is 0 Å². The molecule has 0 aliphatic heterocycles. The molecule has 4 heteroatoms. The number of likely N-dealkylation sites (N-methyl/N-ethyl adjacent to an activating group) is 1. The average molecular weight is 232 g/mol. The van der Waals surface area contributed by atoms with Gasteiger partial charge in [0.05, 0.1) is 11.6 Å². The number of aromatic nitrogens is 1. The van der Waals surface area contributed by atoms with Gasteiger partial charge in [-0.1, -0.05) is 0 Å². The summed E-state index contributed by atoms with van der Waals surface area (Å²) in [5.74, 6) is 0.777. The Labute approximate surface area is 103 Å². The summed E-state index contributed by atoms with van der Waals surface area (Å²) in [6.07, 6.45) is 0. The predicted molar refractivity (Wildman–Crippen MR) is 69.9 cm³/mol. The zero-order valence-corrected chi connectivity index (χ0v) is 11.0. The van der Waals surface area contributed by atoms with E-state index in [0.717, 1.165) is 24.6 Å². The molecule has 4 nitrogen and oxygen atoms in total. The standard InChI is InChI=1S/C13H20N4/c1-10(2)17(4)6-5-15-13-8-12(9-14)7-11(3)16-13/h7-8,10H,5-6H2,1-4H3,(H,15,16). The van der Waals surface area contributed by atoms with Crippen molar-refractivity contribution < 1.29 is 0 Å². The summed E-state index contributed by atoms with van der Waals surface area (Å²) in [5.41, 5.74) is 1.51. The van der Waals surface area contributed by atoms with Gasteiger partial charge in [0.2, 0.25) is 0 Å². The first kappa shape index (κ1) is 13.5. The first-order chi connectivity index (χ1) is 8.02. The molecule has 1 heterocycles. The lowest BCUT2D eigenvalue weighted by Crippen LogP contribution is -2.31. The van der Waals surface area contributed by atoms with Crippen LogP contribution in [-0.2, 0) is 0 Å². The van der Waals surface area contributed by atoms with Crippen molar-refractivity contribution in [2.24, 2.45) is 0 Å². The average Bonchev–Trinajstić information content (AvgIpc) is 2.27. The fraction of sp³-hybridized carbons (Fsp3) is 0.538. The van der Waals surface area contributed by atoms with Crippen LogP contribution < -0.4 is 5.32 Å². The van der Waals surface area contributed by atoms with Crippen LogP contribution in [0.15, 0.2) is 12.1 Å². The number of nitriles is 1. The second-order valence-corrected chi connectivity index (χ2v) is 4.50. The zero-order chi connectivity index (χ0) is 12.8. The number of nitrogens with zero attached hydrogens (tertiary/aromatic N) is 3. The minimum atomic E-state index is 0.539. The SMILES string of the molecule is Cc1cc(C#N)cc(NCCN(C)C(C)C)n1. The number of nitrogens with one attached hydrogen (secondary N) is 1. The highest BCUT2D eigenvalue weighted by Crippen LogP contribution is 2.08. The molecule has 1 aromatic heterocycles. The fourth-order valence-electron chi connectivity index (χ4n) is 1.44. The van der Waals surface area contributed by atoms with Crippen molar-refractivity contribution in [1.82, 2.24) is 9.88 Å². The van der Waals surface area contributed by atoms with Gasteiger partial charge in [-0.3, -0.25) is 0 Å². The highest BCUT2D eigenvalue weighted by molar-refractivity contribution is 5.44. The highest BCUT2D eigenvalue weighted by atomic mass is 15.1. The van der Waals surface area contributed by atoms with Crippen LogP contribution in [0.3, 0.4) is 0 Å². The minimum absolute atomic E-state index is 0.539. The number of hydrogen-bond acceptors (Lipinski definition) is 4. The molecule has 17 heavy (non-hydrogen) atoms. The second-order valence-electron chi connectivity index (χ2n) is 4.50. The molecule has 1 N–H and O–H groups in total. The number of anilines is 1. The molecule has 0 amide bonds. The van der Waals surface area contributed by atoms with Crippen LogP contribution in [0.4, 0.5) is 5.82 Å². The second kappa shape index (κ2) is 6.21. The molecule has 0 unspecified atom stereocenters. The molecule has 92 valence electrons. The van der Waals surface area contributed by atoms with E-state index in [1.807, 2.05) is 6.92 Å². The molecule has 0 aromatic carbocycles. The predicted octanol–water partition coefficient (Wildman–Crippen LogP) is 2.01. The van der Waals surface area contributed by atoms with Crippen LogP contribution in [0.5, 0.6) is 0 Å². The summed E-state index contributed by atoms with van der Waals surface area (Å²) >= 11 is 0. The van der Waals surface area contributed by atoms with Gasteiger partial charge in [0.15, 0.2) is 0 Å². The summed E-state index contributed by atoms with van der Waals surface area (Å²) in [6.45, 7) is 8.01. The Bertz CT molecular complexity index is 406. The first-order valence-corrected chi connectivity index (χ1v) is 5.86. The van der Waals surface area contributed by atoms with E-state index in [4.69, 9.17) is 5.26 Å². The Morgan fingerprint density at radius 2 is 2.18 bits per heavy atom. The van der Waals surface area contributed by atoms with Gasteiger partial charge in [-0.05, 0) is 40.0 Å². The number of pyridine rings is 1. The Morgan fingerprint density at radius 3 is 2.76 bits per heavy atom. The van der Waals surface area contributed by atoms with E-state index < -0.39 is 0 Å². The van der Waals surface area contributed by atoms with Gasteiger partial charge in [0, 0.05) is 24.8 Å². The molecule has 0 aliphatic carbocycles. The van der Waals surface area contributed by atoms with Gasteiger partial charge in [-0.25, -0.2) is 4.98 Å². The van der Waals surface area contributed by atoms with E-state index in [-0.39, 0.29) is 0 Å². The van der Waals surface area contributed by atoms with E-state index in [1.165, 1.54) is 0 Å². The third-order valence-corrected chi connectivity index (χ3v) is 2.73. The minimum Gasteiger partial charge on any atom is -0.369 e. The van der Waals surface area contributed by atoms with Gasteiger partial charge in [0.25, 0.3) is 0 Å². The smallest absolute Gasteiger partial charge is 0.127 e. The van der Waals surface area contributed by atoms with Crippen molar-refractivity contribution in [3.63, 3.8) is 0 Å². The molecule has 0 saturated carbocycles. The molecule has 1 rings (SSSR count). The fourth-order valence-corrected chi connectivity index (χ4v) is 1.44. The molecule has 0 bridgehead atoms. The molecule has 0 aliphatic rings. The highest BCUT2D eigenvalue weighted by Gasteiger charge is 2.03. The normalized spacial score (nSPS) is 10.6. The maximum atomic E-state index is 8.86. The van der Waals surface area contributed by atoms with Gasteiger partial charge in [-0.15, -0.1) is 0 Å². The maximum absolute atomic E-state index is 8.86. The molecule has 0 saturated heterocycles.